The highest BCUT2D eigenvalue weighted by molar-refractivity contribution is 4.74. The maximum Gasteiger partial charge on any atom is 0.0113 e. The van der Waals surface area contributed by atoms with Crippen molar-refractivity contribution in [1.82, 2.24) is 15.1 Å². The van der Waals surface area contributed by atoms with Gasteiger partial charge >= 0.3 is 0 Å². The largest absolute Gasteiger partial charge is 0.312 e. The Hall–Kier alpha value is -0.120. The molecular weight excluding hydrogens is 246 g/mol. The molecule has 0 aromatic heterocycles. The summed E-state index contributed by atoms with van der Waals surface area (Å²) < 4.78 is 0. The fourth-order valence-electron chi connectivity index (χ4n) is 2.78. The number of rotatable bonds is 8. The number of hydrogen-bond donors (Lipinski definition) is 1. The highest BCUT2D eigenvalue weighted by atomic mass is 15.3. The number of piperazine rings is 1. The van der Waals surface area contributed by atoms with Crippen LogP contribution in [0.1, 0.15) is 60.3 Å². The molecule has 1 saturated heterocycles. The Bertz CT molecular complexity index is 237. The van der Waals surface area contributed by atoms with E-state index in [1.54, 1.807) is 0 Å². The molecule has 0 saturated carbocycles. The Morgan fingerprint density at radius 2 is 1.50 bits per heavy atom. The predicted molar refractivity (Wildman–Crippen MR) is 89.4 cm³/mol. The molecule has 0 aromatic carbocycles. The second-order valence-corrected chi connectivity index (χ2v) is 7.56. The molecule has 0 amide bonds. The second kappa shape index (κ2) is 9.01. The van der Waals surface area contributed by atoms with E-state index >= 15 is 0 Å². The first-order chi connectivity index (χ1) is 9.38. The molecule has 1 aliphatic rings. The van der Waals surface area contributed by atoms with Crippen molar-refractivity contribution < 1.29 is 0 Å². The van der Waals surface area contributed by atoms with E-state index in [-0.39, 0.29) is 5.54 Å². The van der Waals surface area contributed by atoms with E-state index in [1.807, 2.05) is 0 Å². The summed E-state index contributed by atoms with van der Waals surface area (Å²) in [6.45, 7) is 18.9. The van der Waals surface area contributed by atoms with Gasteiger partial charge < -0.3 is 10.2 Å². The molecule has 0 atom stereocenters. The molecule has 1 rings (SSSR count). The summed E-state index contributed by atoms with van der Waals surface area (Å²) in [4.78, 5) is 5.24. The van der Waals surface area contributed by atoms with Gasteiger partial charge in [-0.15, -0.1) is 0 Å². The molecule has 3 heteroatoms. The van der Waals surface area contributed by atoms with Gasteiger partial charge in [0.25, 0.3) is 0 Å². The van der Waals surface area contributed by atoms with Gasteiger partial charge in [-0.3, -0.25) is 4.90 Å². The molecule has 1 aliphatic heterocycles. The van der Waals surface area contributed by atoms with Gasteiger partial charge in [0.15, 0.2) is 0 Å². The number of nitrogens with zero attached hydrogens (tertiary/aromatic N) is 2. The van der Waals surface area contributed by atoms with Gasteiger partial charge in [-0.05, 0) is 60.5 Å². The normalized spacial score (nSPS) is 18.9. The Labute approximate surface area is 127 Å². The summed E-state index contributed by atoms with van der Waals surface area (Å²) >= 11 is 0. The zero-order valence-corrected chi connectivity index (χ0v) is 14.5. The Kier molecular flexibility index (Phi) is 8.08. The third kappa shape index (κ3) is 8.23. The lowest BCUT2D eigenvalue weighted by Gasteiger charge is -2.36. The number of nitrogens with one attached hydrogen (secondary N) is 1. The van der Waals surface area contributed by atoms with Crippen molar-refractivity contribution in [2.45, 2.75) is 71.9 Å². The molecule has 0 unspecified atom stereocenters. The average Bonchev–Trinajstić information content (AvgIpc) is 2.37. The van der Waals surface area contributed by atoms with Crippen LogP contribution in [0.25, 0.3) is 0 Å². The lowest BCUT2D eigenvalue weighted by molar-refractivity contribution is 0.107. The highest BCUT2D eigenvalue weighted by Crippen LogP contribution is 2.08. The molecule has 0 radical (unpaired) electrons. The number of unbranched alkanes of at least 4 members (excludes halogenated alkanes) is 3. The molecule has 120 valence electrons. The average molecular weight is 284 g/mol. The van der Waals surface area contributed by atoms with E-state index in [4.69, 9.17) is 0 Å². The van der Waals surface area contributed by atoms with Crippen molar-refractivity contribution in [2.24, 2.45) is 0 Å². The highest BCUT2D eigenvalue weighted by Gasteiger charge is 2.17. The van der Waals surface area contributed by atoms with E-state index < -0.39 is 0 Å². The summed E-state index contributed by atoms with van der Waals surface area (Å²) in [6.07, 6.45) is 5.45. The monoisotopic (exact) mass is 283 g/mol. The van der Waals surface area contributed by atoms with E-state index in [9.17, 15) is 0 Å². The van der Waals surface area contributed by atoms with Gasteiger partial charge in [-0.1, -0.05) is 12.8 Å². The smallest absolute Gasteiger partial charge is 0.0113 e. The van der Waals surface area contributed by atoms with E-state index in [0.717, 1.165) is 6.54 Å². The van der Waals surface area contributed by atoms with E-state index in [0.29, 0.717) is 6.04 Å². The molecule has 1 N–H and O–H groups in total. The third-order valence-corrected chi connectivity index (χ3v) is 4.19. The van der Waals surface area contributed by atoms with Crippen LogP contribution in [-0.2, 0) is 0 Å². The first-order valence-electron chi connectivity index (χ1n) is 8.60. The Morgan fingerprint density at radius 3 is 2.05 bits per heavy atom. The summed E-state index contributed by atoms with van der Waals surface area (Å²) in [7, 11) is 0. The van der Waals surface area contributed by atoms with Gasteiger partial charge in [0, 0.05) is 37.8 Å². The SMILES string of the molecule is CC(C)N1CCN(CCCCCCNC(C)(C)C)CC1. The van der Waals surface area contributed by atoms with Crippen molar-refractivity contribution in [3.8, 4) is 0 Å². The zero-order valence-electron chi connectivity index (χ0n) is 14.5. The Balaban J connectivity index is 1.93. The van der Waals surface area contributed by atoms with Crippen LogP contribution in [0.3, 0.4) is 0 Å². The lowest BCUT2D eigenvalue weighted by atomic mass is 10.1. The minimum atomic E-state index is 0.274. The zero-order chi connectivity index (χ0) is 15.0. The molecule has 1 fully saturated rings. The summed E-state index contributed by atoms with van der Waals surface area (Å²) in [5, 5.41) is 3.56. The fraction of sp³-hybridized carbons (Fsp3) is 1.00. The number of hydrogen-bond acceptors (Lipinski definition) is 3. The predicted octanol–water partition coefficient (Wildman–Crippen LogP) is 2.96. The van der Waals surface area contributed by atoms with Crippen molar-refractivity contribution in [2.75, 3.05) is 39.3 Å². The molecule has 1 heterocycles. The van der Waals surface area contributed by atoms with Crippen molar-refractivity contribution >= 4 is 0 Å². The molecule has 0 aromatic rings. The van der Waals surface area contributed by atoms with Crippen LogP contribution < -0.4 is 5.32 Å². The van der Waals surface area contributed by atoms with E-state index in [2.05, 4.69) is 49.7 Å². The standard InChI is InChI=1S/C17H37N3/c1-16(2)20-14-12-19(13-15-20)11-9-7-6-8-10-18-17(3,4)5/h16,18H,6-15H2,1-5H3. The van der Waals surface area contributed by atoms with Crippen molar-refractivity contribution in [3.05, 3.63) is 0 Å². The van der Waals surface area contributed by atoms with Crippen LogP contribution in [0.5, 0.6) is 0 Å². The third-order valence-electron chi connectivity index (χ3n) is 4.19. The molecule has 20 heavy (non-hydrogen) atoms. The maximum absolute atomic E-state index is 3.56. The van der Waals surface area contributed by atoms with Crippen LogP contribution in [-0.4, -0.2) is 60.6 Å². The minimum absolute atomic E-state index is 0.274. The van der Waals surface area contributed by atoms with Crippen LogP contribution in [0.15, 0.2) is 0 Å². The maximum atomic E-state index is 3.56. The lowest BCUT2D eigenvalue weighted by Crippen LogP contribution is -2.48. The van der Waals surface area contributed by atoms with Gasteiger partial charge in [0.1, 0.15) is 0 Å². The summed E-state index contributed by atoms with van der Waals surface area (Å²) in [5.41, 5.74) is 0.274. The van der Waals surface area contributed by atoms with Gasteiger partial charge in [-0.25, -0.2) is 0 Å². The minimum Gasteiger partial charge on any atom is -0.312 e. The van der Waals surface area contributed by atoms with Crippen molar-refractivity contribution in [1.29, 1.82) is 0 Å². The molecule has 0 bridgehead atoms. The van der Waals surface area contributed by atoms with E-state index in [1.165, 1.54) is 58.4 Å². The molecule has 0 spiro atoms. The molecule has 3 nitrogen and oxygen atoms in total. The fourth-order valence-corrected chi connectivity index (χ4v) is 2.78. The van der Waals surface area contributed by atoms with Crippen LogP contribution in [0.2, 0.25) is 0 Å². The summed E-state index contributed by atoms with van der Waals surface area (Å²) in [6, 6.07) is 0.715. The Morgan fingerprint density at radius 1 is 0.900 bits per heavy atom. The molecule has 0 aliphatic carbocycles. The van der Waals surface area contributed by atoms with Crippen molar-refractivity contribution in [3.63, 3.8) is 0 Å². The van der Waals surface area contributed by atoms with Crippen LogP contribution >= 0.6 is 0 Å². The first-order valence-corrected chi connectivity index (χ1v) is 8.60. The van der Waals surface area contributed by atoms with Gasteiger partial charge in [0.05, 0.1) is 0 Å². The van der Waals surface area contributed by atoms with Crippen LogP contribution in [0.4, 0.5) is 0 Å². The van der Waals surface area contributed by atoms with Gasteiger partial charge in [0.2, 0.25) is 0 Å². The topological polar surface area (TPSA) is 18.5 Å². The quantitative estimate of drug-likeness (QED) is 0.691. The second-order valence-electron chi connectivity index (χ2n) is 7.56. The summed E-state index contributed by atoms with van der Waals surface area (Å²) in [5.74, 6) is 0. The van der Waals surface area contributed by atoms with Crippen LogP contribution in [0, 0.1) is 0 Å². The first kappa shape index (κ1) is 17.9. The van der Waals surface area contributed by atoms with Gasteiger partial charge in [-0.2, -0.15) is 0 Å². The molecular formula is C17H37N3.